The van der Waals surface area contributed by atoms with Crippen LogP contribution in [0.5, 0.6) is 11.5 Å². The van der Waals surface area contributed by atoms with E-state index in [2.05, 4.69) is 5.32 Å². The van der Waals surface area contributed by atoms with Crippen LogP contribution in [0.2, 0.25) is 0 Å². The average Bonchev–Trinajstić information content (AvgIpc) is 2.96. The molecule has 1 unspecified atom stereocenters. The normalized spacial score (nSPS) is 11.8. The summed E-state index contributed by atoms with van der Waals surface area (Å²) >= 11 is 0. The van der Waals surface area contributed by atoms with Gasteiger partial charge in [0.05, 0.1) is 24.8 Å². The van der Waals surface area contributed by atoms with E-state index in [-0.39, 0.29) is 22.9 Å². The molecule has 39 heavy (non-hydrogen) atoms. The lowest BCUT2D eigenvalue weighted by Crippen LogP contribution is -2.51. The number of nitrogens with zero attached hydrogens (tertiary/aromatic N) is 2. The zero-order valence-corrected chi connectivity index (χ0v) is 23.1. The van der Waals surface area contributed by atoms with Gasteiger partial charge in [-0.15, -0.1) is 0 Å². The molecule has 9 nitrogen and oxygen atoms in total. The van der Waals surface area contributed by atoms with Crippen LogP contribution >= 0.6 is 0 Å². The number of likely N-dealkylation sites (N-methyl/N-ethyl adjacent to an activating group) is 1. The third kappa shape index (κ3) is 7.05. The fourth-order valence-corrected chi connectivity index (χ4v) is 5.45. The van der Waals surface area contributed by atoms with Crippen molar-refractivity contribution in [1.82, 2.24) is 10.2 Å². The Morgan fingerprint density at radius 1 is 0.949 bits per heavy atom. The second-order valence-electron chi connectivity index (χ2n) is 8.62. The SMILES string of the molecule is CNC(=O)C(C)N(CCc1ccccc1)C(=O)CN(c1ccc(F)cc1)S(=O)(=O)c1ccc(OC)c(OC)c1. The van der Waals surface area contributed by atoms with E-state index in [0.29, 0.717) is 12.2 Å². The molecule has 3 rings (SSSR count). The van der Waals surface area contributed by atoms with Crippen molar-refractivity contribution < 1.29 is 31.9 Å². The first kappa shape index (κ1) is 29.4. The lowest BCUT2D eigenvalue weighted by Gasteiger charge is -2.31. The van der Waals surface area contributed by atoms with Crippen molar-refractivity contribution in [3.05, 3.63) is 84.2 Å². The molecule has 0 fully saturated rings. The molecule has 0 saturated heterocycles. The maximum Gasteiger partial charge on any atom is 0.264 e. The van der Waals surface area contributed by atoms with E-state index in [1.165, 1.54) is 56.5 Å². The summed E-state index contributed by atoms with van der Waals surface area (Å²) in [5.41, 5.74) is 1.03. The summed E-state index contributed by atoms with van der Waals surface area (Å²) in [5, 5.41) is 2.54. The summed E-state index contributed by atoms with van der Waals surface area (Å²) in [7, 11) is -0.0821. The first-order valence-electron chi connectivity index (χ1n) is 12.2. The van der Waals surface area contributed by atoms with Gasteiger partial charge in [-0.3, -0.25) is 13.9 Å². The molecule has 208 valence electrons. The van der Waals surface area contributed by atoms with Gasteiger partial charge >= 0.3 is 0 Å². The van der Waals surface area contributed by atoms with Crippen LogP contribution in [0.25, 0.3) is 0 Å². The van der Waals surface area contributed by atoms with E-state index in [1.807, 2.05) is 30.3 Å². The molecular weight excluding hydrogens is 525 g/mol. The maximum absolute atomic E-state index is 13.9. The summed E-state index contributed by atoms with van der Waals surface area (Å²) in [5.74, 6) is -1.05. The Morgan fingerprint density at radius 2 is 1.59 bits per heavy atom. The van der Waals surface area contributed by atoms with E-state index in [1.54, 1.807) is 6.92 Å². The molecule has 3 aromatic rings. The van der Waals surface area contributed by atoms with Crippen molar-refractivity contribution in [3.8, 4) is 11.5 Å². The molecule has 11 heteroatoms. The highest BCUT2D eigenvalue weighted by Gasteiger charge is 2.32. The average molecular weight is 558 g/mol. The number of halogens is 1. The van der Waals surface area contributed by atoms with E-state index in [9.17, 15) is 22.4 Å². The molecule has 1 atom stereocenters. The van der Waals surface area contributed by atoms with Crippen LogP contribution < -0.4 is 19.1 Å². The second kappa shape index (κ2) is 13.1. The lowest BCUT2D eigenvalue weighted by atomic mass is 10.1. The van der Waals surface area contributed by atoms with Gasteiger partial charge in [0.25, 0.3) is 10.0 Å². The number of carbonyl (C=O) groups excluding carboxylic acids is 2. The number of ether oxygens (including phenoxy) is 2. The first-order chi connectivity index (χ1) is 18.6. The predicted molar refractivity (Wildman–Crippen MR) is 146 cm³/mol. The number of rotatable bonds is 12. The van der Waals surface area contributed by atoms with E-state index < -0.39 is 40.2 Å². The Kier molecular flexibility index (Phi) is 9.89. The van der Waals surface area contributed by atoms with Gasteiger partial charge in [0.15, 0.2) is 11.5 Å². The number of hydrogen-bond acceptors (Lipinski definition) is 6. The molecule has 1 N–H and O–H groups in total. The number of sulfonamides is 1. The molecule has 0 aliphatic rings. The predicted octanol–water partition coefficient (Wildman–Crippen LogP) is 3.24. The summed E-state index contributed by atoms with van der Waals surface area (Å²) in [4.78, 5) is 27.4. The van der Waals surface area contributed by atoms with Gasteiger partial charge < -0.3 is 19.7 Å². The second-order valence-corrected chi connectivity index (χ2v) is 10.5. The van der Waals surface area contributed by atoms with Crippen molar-refractivity contribution in [2.75, 3.05) is 38.7 Å². The quantitative estimate of drug-likeness (QED) is 0.367. The number of carbonyl (C=O) groups is 2. The molecule has 0 saturated carbocycles. The highest BCUT2D eigenvalue weighted by molar-refractivity contribution is 7.92. The molecule has 0 aliphatic heterocycles. The van der Waals surface area contributed by atoms with Gasteiger partial charge in [0.1, 0.15) is 18.4 Å². The van der Waals surface area contributed by atoms with Crippen molar-refractivity contribution in [2.24, 2.45) is 0 Å². The van der Waals surface area contributed by atoms with Crippen LogP contribution in [-0.4, -0.2) is 65.5 Å². The zero-order chi connectivity index (χ0) is 28.6. The Labute approximate surface area is 228 Å². The van der Waals surface area contributed by atoms with Crippen LogP contribution in [0.15, 0.2) is 77.7 Å². The van der Waals surface area contributed by atoms with Crippen LogP contribution in [0.3, 0.4) is 0 Å². The van der Waals surface area contributed by atoms with E-state index in [0.717, 1.165) is 22.0 Å². The van der Waals surface area contributed by atoms with Gasteiger partial charge in [-0.1, -0.05) is 30.3 Å². The number of methoxy groups -OCH3 is 2. The van der Waals surface area contributed by atoms with Crippen LogP contribution in [0.4, 0.5) is 10.1 Å². The number of nitrogens with one attached hydrogen (secondary N) is 1. The molecule has 0 aromatic heterocycles. The topological polar surface area (TPSA) is 105 Å². The fraction of sp³-hybridized carbons (Fsp3) is 0.286. The Morgan fingerprint density at radius 3 is 2.18 bits per heavy atom. The van der Waals surface area contributed by atoms with Crippen molar-refractivity contribution in [2.45, 2.75) is 24.3 Å². The van der Waals surface area contributed by atoms with Crippen molar-refractivity contribution >= 4 is 27.5 Å². The minimum absolute atomic E-state index is 0.0788. The van der Waals surface area contributed by atoms with Gasteiger partial charge in [-0.25, -0.2) is 12.8 Å². The Hall–Kier alpha value is -4.12. The Balaban J connectivity index is 2.01. The summed E-state index contributed by atoms with van der Waals surface area (Å²) in [6, 6.07) is 17.4. The van der Waals surface area contributed by atoms with E-state index >= 15 is 0 Å². The maximum atomic E-state index is 13.9. The lowest BCUT2D eigenvalue weighted by molar-refractivity contribution is -0.138. The fourth-order valence-electron chi connectivity index (χ4n) is 4.02. The van der Waals surface area contributed by atoms with Gasteiger partial charge in [-0.2, -0.15) is 0 Å². The molecule has 0 heterocycles. The van der Waals surface area contributed by atoms with Gasteiger partial charge in [-0.05, 0) is 55.3 Å². The first-order valence-corrected chi connectivity index (χ1v) is 13.6. The highest BCUT2D eigenvalue weighted by Crippen LogP contribution is 2.32. The van der Waals surface area contributed by atoms with E-state index in [4.69, 9.17) is 9.47 Å². The Bertz CT molecular complexity index is 1380. The third-order valence-electron chi connectivity index (χ3n) is 6.23. The number of benzene rings is 3. The van der Waals surface area contributed by atoms with Gasteiger partial charge in [0.2, 0.25) is 11.8 Å². The number of amides is 2. The van der Waals surface area contributed by atoms with Crippen molar-refractivity contribution in [3.63, 3.8) is 0 Å². The van der Waals surface area contributed by atoms with Gasteiger partial charge in [0, 0.05) is 19.7 Å². The molecule has 0 spiro atoms. The summed E-state index contributed by atoms with van der Waals surface area (Å²) in [6.07, 6.45) is 0.451. The highest BCUT2D eigenvalue weighted by atomic mass is 32.2. The summed E-state index contributed by atoms with van der Waals surface area (Å²) in [6.45, 7) is 1.12. The monoisotopic (exact) mass is 557 g/mol. The summed E-state index contributed by atoms with van der Waals surface area (Å²) < 4.78 is 52.8. The molecule has 0 radical (unpaired) electrons. The van der Waals surface area contributed by atoms with Crippen LogP contribution in [0.1, 0.15) is 12.5 Å². The van der Waals surface area contributed by atoms with Crippen LogP contribution in [-0.2, 0) is 26.0 Å². The molecule has 3 aromatic carbocycles. The number of hydrogen-bond donors (Lipinski definition) is 1. The molecule has 0 aliphatic carbocycles. The third-order valence-corrected chi connectivity index (χ3v) is 8.00. The van der Waals surface area contributed by atoms with Crippen LogP contribution in [0, 0.1) is 5.82 Å². The zero-order valence-electron chi connectivity index (χ0n) is 22.3. The number of anilines is 1. The molecular formula is C28H32FN3O6S. The molecule has 0 bridgehead atoms. The largest absolute Gasteiger partial charge is 0.493 e. The minimum atomic E-state index is -4.34. The standard InChI is InChI=1S/C28H32FN3O6S/c1-20(28(34)30-2)31(17-16-21-8-6-5-7-9-21)27(33)19-32(23-12-10-22(29)11-13-23)39(35,36)24-14-15-25(37-3)26(18-24)38-4/h5-15,18,20H,16-17,19H2,1-4H3,(H,30,34). The smallest absolute Gasteiger partial charge is 0.264 e. The minimum Gasteiger partial charge on any atom is -0.493 e. The van der Waals surface area contributed by atoms with Crippen molar-refractivity contribution in [1.29, 1.82) is 0 Å². The molecule has 2 amide bonds.